The fourth-order valence-electron chi connectivity index (χ4n) is 1.53. The highest BCUT2D eigenvalue weighted by Crippen LogP contribution is 2.14. The summed E-state index contributed by atoms with van der Waals surface area (Å²) < 4.78 is 0. The van der Waals surface area contributed by atoms with Crippen molar-refractivity contribution in [1.29, 1.82) is 0 Å². The van der Waals surface area contributed by atoms with Crippen molar-refractivity contribution in [3.8, 4) is 12.3 Å². The average molecular weight is 216 g/mol. The van der Waals surface area contributed by atoms with Gasteiger partial charge in [-0.15, -0.1) is 6.42 Å². The Morgan fingerprint density at radius 3 is 2.75 bits per heavy atom. The molecule has 3 heteroatoms. The second-order valence-electron chi connectivity index (χ2n) is 3.60. The first-order valence-corrected chi connectivity index (χ1v) is 5.19. The molecule has 0 aliphatic rings. The van der Waals surface area contributed by atoms with E-state index in [2.05, 4.69) is 5.92 Å². The summed E-state index contributed by atoms with van der Waals surface area (Å²) in [4.78, 5) is 13.7. The number of carbonyl (C=O) groups is 1. The smallest absolute Gasteiger partial charge is 0.254 e. The Hall–Kier alpha value is -1.95. The van der Waals surface area contributed by atoms with E-state index < -0.39 is 0 Å². The van der Waals surface area contributed by atoms with Crippen LogP contribution in [0, 0.1) is 19.3 Å². The number of aryl methyl sites for hydroxylation is 1. The molecule has 0 saturated heterocycles. The molecule has 0 radical (unpaired) electrons. The first-order valence-electron chi connectivity index (χ1n) is 5.19. The van der Waals surface area contributed by atoms with E-state index in [1.165, 1.54) is 0 Å². The monoisotopic (exact) mass is 216 g/mol. The predicted octanol–water partition coefficient (Wildman–Crippen LogP) is 1.67. The van der Waals surface area contributed by atoms with Gasteiger partial charge in [-0.25, -0.2) is 0 Å². The van der Waals surface area contributed by atoms with Gasteiger partial charge in [0.25, 0.3) is 5.91 Å². The lowest BCUT2D eigenvalue weighted by Gasteiger charge is -2.19. The van der Waals surface area contributed by atoms with Crippen LogP contribution < -0.4 is 5.73 Å². The Kier molecular flexibility index (Phi) is 3.96. The number of rotatable bonds is 3. The minimum absolute atomic E-state index is 0.0436. The minimum Gasteiger partial charge on any atom is -0.399 e. The predicted molar refractivity (Wildman–Crippen MR) is 66.0 cm³/mol. The highest BCUT2D eigenvalue weighted by atomic mass is 16.2. The third-order valence-corrected chi connectivity index (χ3v) is 2.43. The summed E-state index contributed by atoms with van der Waals surface area (Å²) in [6.45, 7) is 4.71. The third-order valence-electron chi connectivity index (χ3n) is 2.43. The molecule has 0 unspecified atom stereocenters. The zero-order chi connectivity index (χ0) is 12.1. The zero-order valence-corrected chi connectivity index (χ0v) is 9.66. The molecule has 2 N–H and O–H groups in total. The van der Waals surface area contributed by atoms with Gasteiger partial charge in [0.05, 0.1) is 6.54 Å². The molecule has 0 fully saturated rings. The summed E-state index contributed by atoms with van der Waals surface area (Å²) in [7, 11) is 0. The first kappa shape index (κ1) is 12.1. The Labute approximate surface area is 96.2 Å². The van der Waals surface area contributed by atoms with Crippen LogP contribution in [0.3, 0.4) is 0 Å². The Morgan fingerprint density at radius 1 is 1.56 bits per heavy atom. The molecule has 1 aromatic carbocycles. The zero-order valence-electron chi connectivity index (χ0n) is 9.66. The maximum Gasteiger partial charge on any atom is 0.254 e. The molecule has 84 valence electrons. The van der Waals surface area contributed by atoms with Gasteiger partial charge < -0.3 is 10.6 Å². The molecule has 0 aliphatic heterocycles. The van der Waals surface area contributed by atoms with Crippen molar-refractivity contribution < 1.29 is 4.79 Å². The number of hydrogen-bond donors (Lipinski definition) is 1. The van der Waals surface area contributed by atoms with Gasteiger partial charge in [-0.05, 0) is 37.6 Å². The van der Waals surface area contributed by atoms with Gasteiger partial charge in [0.15, 0.2) is 0 Å². The fraction of sp³-hybridized carbons (Fsp3) is 0.308. The second kappa shape index (κ2) is 5.22. The van der Waals surface area contributed by atoms with Crippen LogP contribution in [0.4, 0.5) is 5.69 Å². The Morgan fingerprint density at radius 2 is 2.25 bits per heavy atom. The van der Waals surface area contributed by atoms with Gasteiger partial charge in [0.1, 0.15) is 0 Å². The molecule has 0 bridgehead atoms. The van der Waals surface area contributed by atoms with Crippen molar-refractivity contribution in [2.24, 2.45) is 0 Å². The van der Waals surface area contributed by atoms with Gasteiger partial charge in [-0.3, -0.25) is 4.79 Å². The van der Waals surface area contributed by atoms with Gasteiger partial charge in [0, 0.05) is 17.8 Å². The van der Waals surface area contributed by atoms with Crippen molar-refractivity contribution in [3.05, 3.63) is 29.3 Å². The summed E-state index contributed by atoms with van der Waals surface area (Å²) in [6, 6.07) is 5.26. The summed E-state index contributed by atoms with van der Waals surface area (Å²) in [5.74, 6) is 2.44. The van der Waals surface area contributed by atoms with Crippen LogP contribution in [0.2, 0.25) is 0 Å². The molecule has 0 spiro atoms. The molecular weight excluding hydrogens is 200 g/mol. The van der Waals surface area contributed by atoms with E-state index >= 15 is 0 Å². The van der Waals surface area contributed by atoms with Crippen molar-refractivity contribution >= 4 is 11.6 Å². The fourth-order valence-corrected chi connectivity index (χ4v) is 1.53. The Bertz CT molecular complexity index is 432. The molecule has 1 rings (SSSR count). The lowest BCUT2D eigenvalue weighted by molar-refractivity contribution is 0.0784. The molecule has 3 nitrogen and oxygen atoms in total. The van der Waals surface area contributed by atoms with Gasteiger partial charge in [-0.2, -0.15) is 0 Å². The quantitative estimate of drug-likeness (QED) is 0.617. The summed E-state index contributed by atoms with van der Waals surface area (Å²) >= 11 is 0. The maximum absolute atomic E-state index is 12.1. The molecule has 0 aliphatic carbocycles. The highest BCUT2D eigenvalue weighted by molar-refractivity contribution is 5.96. The van der Waals surface area contributed by atoms with Gasteiger partial charge in [0.2, 0.25) is 0 Å². The number of nitrogens with zero attached hydrogens (tertiary/aromatic N) is 1. The van der Waals surface area contributed by atoms with E-state index in [9.17, 15) is 4.79 Å². The minimum atomic E-state index is -0.0436. The molecule has 0 heterocycles. The van der Waals surface area contributed by atoms with Gasteiger partial charge >= 0.3 is 0 Å². The summed E-state index contributed by atoms with van der Waals surface area (Å²) in [5, 5.41) is 0. The molecule has 1 amide bonds. The van der Waals surface area contributed by atoms with Crippen LogP contribution >= 0.6 is 0 Å². The van der Waals surface area contributed by atoms with Gasteiger partial charge in [-0.1, -0.05) is 5.92 Å². The van der Waals surface area contributed by atoms with E-state index in [1.807, 2.05) is 13.8 Å². The summed E-state index contributed by atoms with van der Waals surface area (Å²) in [6.07, 6.45) is 5.22. The van der Waals surface area contributed by atoms with Crippen LogP contribution in [0.25, 0.3) is 0 Å². The van der Waals surface area contributed by atoms with Crippen molar-refractivity contribution in [2.45, 2.75) is 13.8 Å². The number of benzene rings is 1. The van der Waals surface area contributed by atoms with Crippen LogP contribution in [0.15, 0.2) is 18.2 Å². The van der Waals surface area contributed by atoms with E-state index in [4.69, 9.17) is 12.2 Å². The standard InChI is InChI=1S/C13H16N2O/c1-4-8-15(5-2)13(16)12-7-6-11(14)9-10(12)3/h1,6-7,9H,5,8,14H2,2-3H3. The lowest BCUT2D eigenvalue weighted by Crippen LogP contribution is -2.31. The third kappa shape index (κ3) is 2.54. The topological polar surface area (TPSA) is 46.3 Å². The maximum atomic E-state index is 12.1. The van der Waals surface area contributed by atoms with Crippen molar-refractivity contribution in [1.82, 2.24) is 4.90 Å². The van der Waals surface area contributed by atoms with E-state index in [0.29, 0.717) is 24.3 Å². The van der Waals surface area contributed by atoms with E-state index in [-0.39, 0.29) is 5.91 Å². The first-order chi connectivity index (χ1) is 7.60. The van der Waals surface area contributed by atoms with Crippen LogP contribution in [0.1, 0.15) is 22.8 Å². The summed E-state index contributed by atoms with van der Waals surface area (Å²) in [5.41, 5.74) is 7.83. The number of nitrogen functional groups attached to an aromatic ring is 1. The van der Waals surface area contributed by atoms with Crippen LogP contribution in [-0.2, 0) is 0 Å². The highest BCUT2D eigenvalue weighted by Gasteiger charge is 2.14. The SMILES string of the molecule is C#CCN(CC)C(=O)c1ccc(N)cc1C. The van der Waals surface area contributed by atoms with Crippen molar-refractivity contribution in [3.63, 3.8) is 0 Å². The van der Waals surface area contributed by atoms with Crippen LogP contribution in [-0.4, -0.2) is 23.9 Å². The molecular formula is C13H16N2O. The number of nitrogens with two attached hydrogens (primary N) is 1. The number of anilines is 1. The molecule has 16 heavy (non-hydrogen) atoms. The number of carbonyl (C=O) groups excluding carboxylic acids is 1. The second-order valence-corrected chi connectivity index (χ2v) is 3.60. The molecule has 1 aromatic rings. The Balaban J connectivity index is 3.00. The molecule has 0 aromatic heterocycles. The average Bonchev–Trinajstić information content (AvgIpc) is 2.25. The molecule has 0 atom stereocenters. The number of amides is 1. The molecule has 0 saturated carbocycles. The van der Waals surface area contributed by atoms with Crippen molar-refractivity contribution in [2.75, 3.05) is 18.8 Å². The largest absolute Gasteiger partial charge is 0.399 e. The van der Waals surface area contributed by atoms with E-state index in [1.54, 1.807) is 23.1 Å². The normalized spacial score (nSPS) is 9.56. The number of terminal acetylenes is 1. The lowest BCUT2D eigenvalue weighted by atomic mass is 10.1. The van der Waals surface area contributed by atoms with E-state index in [0.717, 1.165) is 5.56 Å². The van der Waals surface area contributed by atoms with Crippen LogP contribution in [0.5, 0.6) is 0 Å². The number of hydrogen-bond acceptors (Lipinski definition) is 2.